The van der Waals surface area contributed by atoms with E-state index in [4.69, 9.17) is 5.11 Å². The first-order chi connectivity index (χ1) is 6.43. The van der Waals surface area contributed by atoms with Gasteiger partial charge in [-0.05, 0) is 0 Å². The fourth-order valence-electron chi connectivity index (χ4n) is 0.809. The Bertz CT molecular complexity index is 516. The number of aromatic nitrogens is 2. The van der Waals surface area contributed by atoms with Crippen LogP contribution in [0.3, 0.4) is 0 Å². The standard InChI is InChI=1S/C5H3N3O6.Na/c9-3-2(8(13)14)1(4(10)11)6-5(12)7-3;/h(H,10,11)(H2,6,7,9,12);/q;+1. The van der Waals surface area contributed by atoms with Gasteiger partial charge in [-0.15, -0.1) is 0 Å². The number of aromatic amines is 2. The van der Waals surface area contributed by atoms with Crippen molar-refractivity contribution in [3.05, 3.63) is 36.6 Å². The minimum Gasteiger partial charge on any atom is -0.476 e. The van der Waals surface area contributed by atoms with Crippen molar-refractivity contribution >= 4 is 11.7 Å². The minimum absolute atomic E-state index is 0. The number of nitro groups is 1. The molecule has 0 aromatic carbocycles. The number of nitrogens with one attached hydrogen (secondary N) is 2. The zero-order chi connectivity index (χ0) is 10.9. The van der Waals surface area contributed by atoms with Crippen LogP contribution in [0.4, 0.5) is 5.69 Å². The first kappa shape index (κ1) is 13.6. The van der Waals surface area contributed by atoms with Crippen molar-refractivity contribution in [3.8, 4) is 0 Å². The first-order valence-electron chi connectivity index (χ1n) is 3.17. The Balaban J connectivity index is 0.00000196. The molecule has 10 heteroatoms. The molecule has 0 bridgehead atoms. The maximum atomic E-state index is 10.8. The number of carboxylic acid groups (broad SMARTS) is 1. The van der Waals surface area contributed by atoms with Crippen LogP contribution in [-0.4, -0.2) is 26.0 Å². The number of hydrogen-bond acceptors (Lipinski definition) is 5. The monoisotopic (exact) mass is 224 g/mol. The van der Waals surface area contributed by atoms with Crippen LogP contribution in [0.1, 0.15) is 10.5 Å². The van der Waals surface area contributed by atoms with Crippen molar-refractivity contribution in [3.63, 3.8) is 0 Å². The smallest absolute Gasteiger partial charge is 0.476 e. The molecule has 3 N–H and O–H groups in total. The molecule has 0 unspecified atom stereocenters. The van der Waals surface area contributed by atoms with Crippen LogP contribution in [0.25, 0.3) is 0 Å². The van der Waals surface area contributed by atoms with Gasteiger partial charge < -0.3 is 5.11 Å². The Kier molecular flexibility index (Phi) is 4.40. The summed E-state index contributed by atoms with van der Waals surface area (Å²) in [5.74, 6) is -1.75. The Labute approximate surface area is 103 Å². The molecule has 0 saturated heterocycles. The van der Waals surface area contributed by atoms with Gasteiger partial charge in [0.25, 0.3) is 0 Å². The summed E-state index contributed by atoms with van der Waals surface area (Å²) in [7, 11) is 0. The molecule has 0 fully saturated rings. The molecule has 1 heterocycles. The van der Waals surface area contributed by atoms with E-state index >= 15 is 0 Å². The predicted molar refractivity (Wildman–Crippen MR) is 41.3 cm³/mol. The van der Waals surface area contributed by atoms with Gasteiger partial charge in [-0.2, -0.15) is 0 Å². The average molecular weight is 224 g/mol. The quantitative estimate of drug-likeness (QED) is 0.263. The second kappa shape index (κ2) is 4.87. The largest absolute Gasteiger partial charge is 1.00 e. The molecule has 0 aliphatic carbocycles. The molecule has 15 heavy (non-hydrogen) atoms. The van der Waals surface area contributed by atoms with E-state index in [2.05, 4.69) is 0 Å². The number of nitrogens with zero attached hydrogens (tertiary/aromatic N) is 1. The molecule has 9 nitrogen and oxygen atoms in total. The zero-order valence-electron chi connectivity index (χ0n) is 7.44. The number of carbonyl (C=O) groups is 1. The van der Waals surface area contributed by atoms with E-state index in [0.717, 1.165) is 0 Å². The summed E-state index contributed by atoms with van der Waals surface area (Å²) in [6.45, 7) is 0. The first-order valence-corrected chi connectivity index (χ1v) is 3.17. The van der Waals surface area contributed by atoms with Gasteiger partial charge in [0.05, 0.1) is 4.92 Å². The third kappa shape index (κ3) is 2.75. The fourth-order valence-corrected chi connectivity index (χ4v) is 0.809. The van der Waals surface area contributed by atoms with E-state index in [1.165, 1.54) is 0 Å². The van der Waals surface area contributed by atoms with Gasteiger partial charge >= 0.3 is 52.5 Å². The maximum Gasteiger partial charge on any atom is 1.00 e. The summed E-state index contributed by atoms with van der Waals surface area (Å²) in [4.78, 5) is 44.1. The van der Waals surface area contributed by atoms with Crippen molar-refractivity contribution in [2.45, 2.75) is 0 Å². The van der Waals surface area contributed by atoms with Crippen LogP contribution in [0.2, 0.25) is 0 Å². The molecule has 1 aromatic rings. The van der Waals surface area contributed by atoms with E-state index < -0.39 is 33.5 Å². The van der Waals surface area contributed by atoms with Gasteiger partial charge in [-0.1, -0.05) is 0 Å². The summed E-state index contributed by atoms with van der Waals surface area (Å²) < 4.78 is 0. The molecule has 0 aliphatic heterocycles. The van der Waals surface area contributed by atoms with Crippen LogP contribution in [0, 0.1) is 10.1 Å². The Morgan fingerprint density at radius 3 is 2.27 bits per heavy atom. The third-order valence-electron chi connectivity index (χ3n) is 1.31. The van der Waals surface area contributed by atoms with Crippen molar-refractivity contribution < 1.29 is 44.4 Å². The van der Waals surface area contributed by atoms with E-state index in [1.807, 2.05) is 0 Å². The summed E-state index contributed by atoms with van der Waals surface area (Å²) in [5, 5.41) is 18.7. The van der Waals surface area contributed by atoms with E-state index in [-0.39, 0.29) is 29.6 Å². The molecule has 1 rings (SSSR count). The summed E-state index contributed by atoms with van der Waals surface area (Å²) in [6, 6.07) is 0. The van der Waals surface area contributed by atoms with Crippen LogP contribution in [-0.2, 0) is 0 Å². The molecule has 74 valence electrons. The molecular weight excluding hydrogens is 221 g/mol. The number of carboxylic acids is 1. The SMILES string of the molecule is O=C(O)c1[nH]c(=O)[nH]c(=O)c1[N+](=O)[O-].[Na+]. The molecule has 0 saturated carbocycles. The summed E-state index contributed by atoms with van der Waals surface area (Å²) >= 11 is 0. The van der Waals surface area contributed by atoms with Crippen LogP contribution >= 0.6 is 0 Å². The third-order valence-corrected chi connectivity index (χ3v) is 1.31. The Hall–Kier alpha value is -1.45. The Morgan fingerprint density at radius 1 is 1.33 bits per heavy atom. The molecule has 0 aliphatic rings. The maximum absolute atomic E-state index is 10.8. The average Bonchev–Trinajstić information content (AvgIpc) is 2.01. The van der Waals surface area contributed by atoms with Crippen molar-refractivity contribution in [2.24, 2.45) is 0 Å². The molecule has 0 spiro atoms. The summed E-state index contributed by atoms with van der Waals surface area (Å²) in [6.07, 6.45) is 0. The van der Waals surface area contributed by atoms with Crippen molar-refractivity contribution in [1.82, 2.24) is 9.97 Å². The minimum atomic E-state index is -1.75. The van der Waals surface area contributed by atoms with Crippen molar-refractivity contribution in [2.75, 3.05) is 0 Å². The number of H-pyrrole nitrogens is 2. The van der Waals surface area contributed by atoms with E-state index in [0.29, 0.717) is 0 Å². The van der Waals surface area contributed by atoms with Crippen LogP contribution in [0.5, 0.6) is 0 Å². The van der Waals surface area contributed by atoms with Crippen molar-refractivity contribution in [1.29, 1.82) is 0 Å². The normalized spacial score (nSPS) is 9.07. The van der Waals surface area contributed by atoms with Gasteiger partial charge in [-0.3, -0.25) is 24.9 Å². The number of aromatic carboxylic acids is 1. The van der Waals surface area contributed by atoms with Crippen LogP contribution in [0.15, 0.2) is 9.59 Å². The second-order valence-electron chi connectivity index (χ2n) is 2.19. The number of hydrogen-bond donors (Lipinski definition) is 3. The van der Waals surface area contributed by atoms with Gasteiger partial charge in [0.2, 0.25) is 5.69 Å². The van der Waals surface area contributed by atoms with Gasteiger partial charge in [0, 0.05) is 0 Å². The second-order valence-corrected chi connectivity index (χ2v) is 2.19. The molecule has 0 amide bonds. The molecule has 1 aromatic heterocycles. The molecule has 0 radical (unpaired) electrons. The van der Waals surface area contributed by atoms with Gasteiger partial charge in [0.1, 0.15) is 0 Å². The Morgan fingerprint density at radius 2 is 1.87 bits per heavy atom. The van der Waals surface area contributed by atoms with Gasteiger partial charge in [-0.25, -0.2) is 9.59 Å². The molecular formula is C5H3N3NaO6+. The van der Waals surface area contributed by atoms with E-state index in [1.54, 1.807) is 9.97 Å². The topological polar surface area (TPSA) is 146 Å². The van der Waals surface area contributed by atoms with Crippen LogP contribution < -0.4 is 40.8 Å². The van der Waals surface area contributed by atoms with Gasteiger partial charge in [0.15, 0.2) is 0 Å². The fraction of sp³-hybridized carbons (Fsp3) is 0. The summed E-state index contributed by atoms with van der Waals surface area (Å²) in [5.41, 5.74) is -4.70. The zero-order valence-corrected chi connectivity index (χ0v) is 9.44. The number of rotatable bonds is 2. The predicted octanol–water partition coefficient (Wildman–Crippen LogP) is -4.33. The molecule has 0 atom stereocenters. The van der Waals surface area contributed by atoms with E-state index in [9.17, 15) is 24.5 Å².